The Balaban J connectivity index is 2.02. The van der Waals surface area contributed by atoms with E-state index in [0.29, 0.717) is 5.56 Å². The van der Waals surface area contributed by atoms with Crippen LogP contribution in [0, 0.1) is 0 Å². The first kappa shape index (κ1) is 27.7. The Labute approximate surface area is 234 Å². The number of carbonyl (C=O) groups excluding carboxylic acids is 2. The summed E-state index contributed by atoms with van der Waals surface area (Å²) in [6.07, 6.45) is -5.13. The van der Waals surface area contributed by atoms with Crippen LogP contribution >= 0.6 is 23.2 Å². The van der Waals surface area contributed by atoms with Crippen molar-refractivity contribution in [2.45, 2.75) is 9.34 Å². The third-order valence-corrected chi connectivity index (χ3v) is 23.1. The fourth-order valence-electron chi connectivity index (χ4n) is 4.38. The third-order valence-electron chi connectivity index (χ3n) is 5.99. The summed E-state index contributed by atoms with van der Waals surface area (Å²) in [5.74, 6) is -2.54. The molecule has 0 aliphatic rings. The van der Waals surface area contributed by atoms with Gasteiger partial charge in [0.1, 0.15) is 0 Å². The van der Waals surface area contributed by atoms with Gasteiger partial charge in [-0.2, -0.15) is 0 Å². The van der Waals surface area contributed by atoms with E-state index in [2.05, 4.69) is 15.9 Å². The molecule has 0 saturated heterocycles. The van der Waals surface area contributed by atoms with Crippen molar-refractivity contribution in [3.05, 3.63) is 125 Å². The van der Waals surface area contributed by atoms with Crippen molar-refractivity contribution < 1.29 is 50.4 Å². The quantitative estimate of drug-likeness (QED) is 0.125. The van der Waals surface area contributed by atoms with E-state index in [9.17, 15) is 22.8 Å². The Morgan fingerprint density at radius 1 is 0.703 bits per heavy atom. The predicted octanol–water partition coefficient (Wildman–Crippen LogP) is 6.06. The summed E-state index contributed by atoms with van der Waals surface area (Å²) in [7, 11) is -2.91. The van der Waals surface area contributed by atoms with Gasteiger partial charge in [-0.15, -0.1) is 0 Å². The molecule has 3 nitrogen and oxygen atoms in total. The second-order valence-corrected chi connectivity index (χ2v) is 21.0. The van der Waals surface area contributed by atoms with E-state index in [1.807, 2.05) is 91.0 Å². The van der Waals surface area contributed by atoms with Crippen LogP contribution in [0.1, 0.15) is 10.4 Å². The number of carbonyl (C=O) groups is 2. The monoisotopic (exact) mass is 773 g/mol. The van der Waals surface area contributed by atoms with Crippen molar-refractivity contribution in [3.63, 3.8) is 0 Å². The van der Waals surface area contributed by atoms with E-state index in [1.54, 1.807) is 24.3 Å². The minimum absolute atomic E-state index is 0.311. The Morgan fingerprint density at radius 2 is 1.11 bits per heavy atom. The number of benzene rings is 4. The van der Waals surface area contributed by atoms with Crippen LogP contribution in [0.15, 0.2) is 120 Å². The molecule has 4 rings (SSSR count). The number of Topliss-reactive ketones (excluding diaryl/α,β-unsaturated/α-hetero) is 1. The Morgan fingerprint density at radius 3 is 1.49 bits per heavy atom. The number of hydrogen-bond donors (Lipinski definition) is 0. The molecule has 4 aromatic rings. The van der Waals surface area contributed by atoms with Crippen LogP contribution in [0.4, 0.5) is 13.2 Å². The molecule has 0 bridgehead atoms. The zero-order valence-electron chi connectivity index (χ0n) is 19.4. The maximum absolute atomic E-state index is 14.3. The first-order chi connectivity index (χ1) is 17.7. The SMILES string of the molecule is O=C(c1ccc(Br)cc1)[CH]([Hg][O]C(=O)C(F)(F)F)[P+](c1ccccc1)(c1ccccc1)c1ccccc1. The van der Waals surface area contributed by atoms with Crippen LogP contribution in [0.5, 0.6) is 0 Å². The minimum atomic E-state index is -5.13. The molecule has 4 aromatic carbocycles. The van der Waals surface area contributed by atoms with Gasteiger partial charge in [-0.3, -0.25) is 0 Å². The zero-order valence-corrected chi connectivity index (χ0v) is 27.4. The van der Waals surface area contributed by atoms with Crippen LogP contribution < -0.4 is 15.9 Å². The summed E-state index contributed by atoms with van der Waals surface area (Å²) in [5, 5.41) is 2.52. The zero-order chi connectivity index (χ0) is 26.5. The van der Waals surface area contributed by atoms with Gasteiger partial charge in [-0.25, -0.2) is 0 Å². The third kappa shape index (κ3) is 6.05. The first-order valence-electron chi connectivity index (χ1n) is 11.3. The van der Waals surface area contributed by atoms with Gasteiger partial charge in [-0.05, 0) is 0 Å². The topological polar surface area (TPSA) is 43.4 Å². The molecule has 0 aromatic heterocycles. The number of ketones is 1. The standard InChI is InChI=1S/C26H20BrOP.C2HF3O2.Hg/c27-22-18-16-21(17-19-22)26(28)20-29(23-10-4-1-5-11-23,24-12-6-2-7-13-24)25-14-8-3-9-15-25;3-2(4,5)1(6)7;/h1-20H;(H,6,7);/q+1;;+1/p-1. The average molecular weight is 773 g/mol. The molecular formula is C28H20BrF3HgO3P+. The van der Waals surface area contributed by atoms with Gasteiger partial charge in [0.15, 0.2) is 0 Å². The van der Waals surface area contributed by atoms with E-state index in [4.69, 9.17) is 2.64 Å². The van der Waals surface area contributed by atoms with Crippen LogP contribution in [0.25, 0.3) is 0 Å². The molecule has 0 spiro atoms. The molecule has 9 heteroatoms. The van der Waals surface area contributed by atoms with E-state index in [0.717, 1.165) is 20.4 Å². The van der Waals surface area contributed by atoms with E-state index >= 15 is 0 Å². The van der Waals surface area contributed by atoms with Gasteiger partial charge in [0.25, 0.3) is 0 Å². The average Bonchev–Trinajstić information content (AvgIpc) is 2.92. The van der Waals surface area contributed by atoms with Gasteiger partial charge in [0, 0.05) is 0 Å². The van der Waals surface area contributed by atoms with Crippen molar-refractivity contribution >= 4 is 50.9 Å². The molecule has 0 aliphatic heterocycles. The fourth-order valence-corrected chi connectivity index (χ4v) is 23.3. The fraction of sp³-hybridized carbons (Fsp3) is 0.0714. The maximum atomic E-state index is 14.3. The summed E-state index contributed by atoms with van der Waals surface area (Å²) < 4.78 is 44.6. The van der Waals surface area contributed by atoms with Crippen molar-refractivity contribution in [2.75, 3.05) is 0 Å². The van der Waals surface area contributed by atoms with Crippen LogP contribution in [0.3, 0.4) is 0 Å². The van der Waals surface area contributed by atoms with E-state index in [1.165, 1.54) is 0 Å². The Kier molecular flexibility index (Phi) is 8.99. The molecule has 0 saturated carbocycles. The van der Waals surface area contributed by atoms with E-state index < -0.39 is 47.6 Å². The molecule has 37 heavy (non-hydrogen) atoms. The second kappa shape index (κ2) is 12.0. The predicted molar refractivity (Wildman–Crippen MR) is 140 cm³/mol. The summed E-state index contributed by atoms with van der Waals surface area (Å²) in [6.45, 7) is 0. The molecule has 1 unspecified atom stereocenters. The molecule has 0 heterocycles. The molecule has 0 fully saturated rings. The number of rotatable bonds is 8. The second-order valence-electron chi connectivity index (χ2n) is 8.21. The van der Waals surface area contributed by atoms with E-state index in [-0.39, 0.29) is 5.78 Å². The molecule has 1 atom stereocenters. The number of halogens is 4. The molecule has 0 aliphatic carbocycles. The van der Waals surface area contributed by atoms with Crippen molar-refractivity contribution in [2.24, 2.45) is 0 Å². The summed E-state index contributed by atoms with van der Waals surface area (Å²) in [5.41, 5.74) is 0.364. The molecule has 0 N–H and O–H groups in total. The number of hydrogen-bond acceptors (Lipinski definition) is 3. The molecular weight excluding hydrogens is 753 g/mol. The van der Waals surface area contributed by atoms with Crippen LogP contribution in [-0.4, -0.2) is 21.1 Å². The van der Waals surface area contributed by atoms with Gasteiger partial charge in [0.05, 0.1) is 0 Å². The van der Waals surface area contributed by atoms with Crippen molar-refractivity contribution in [3.8, 4) is 0 Å². The van der Waals surface area contributed by atoms with Gasteiger partial charge < -0.3 is 0 Å². The summed E-state index contributed by atoms with van der Waals surface area (Å²) in [6, 6.07) is 34.9. The Hall–Kier alpha value is -2.34. The van der Waals surface area contributed by atoms with Crippen molar-refractivity contribution in [1.29, 1.82) is 0 Å². The summed E-state index contributed by atoms with van der Waals surface area (Å²) >= 11 is -0.0620. The Bertz CT molecular complexity index is 1260. The first-order valence-corrected chi connectivity index (χ1v) is 19.4. The van der Waals surface area contributed by atoms with Gasteiger partial charge in [0.2, 0.25) is 0 Å². The van der Waals surface area contributed by atoms with Crippen LogP contribution in [0.2, 0.25) is 0 Å². The van der Waals surface area contributed by atoms with Crippen LogP contribution in [-0.2, 0) is 32.5 Å². The molecule has 0 amide bonds. The summed E-state index contributed by atoms with van der Waals surface area (Å²) in [4.78, 5) is 26.2. The number of alkyl halides is 3. The normalized spacial score (nSPS) is 12.3. The molecule has 0 radical (unpaired) electrons. The molecule has 184 valence electrons. The van der Waals surface area contributed by atoms with Gasteiger partial charge >= 0.3 is 236 Å². The van der Waals surface area contributed by atoms with Crippen molar-refractivity contribution in [1.82, 2.24) is 0 Å². The van der Waals surface area contributed by atoms with Gasteiger partial charge in [-0.1, -0.05) is 0 Å².